The standard InChI is InChI=1S/C3H5NO.C2H4O2.Na/c1-2-3(4)5;1-2(3)4;/h2H,1H2,(H2,4,5);1H3,(H,3,4);/q;;+1/p-1. The fourth-order valence-electron chi connectivity index (χ4n) is 0. The molecule has 52 valence electrons. The van der Waals surface area contributed by atoms with Gasteiger partial charge >= 0.3 is 29.6 Å². The average molecular weight is 153 g/mol. The van der Waals surface area contributed by atoms with Gasteiger partial charge in [0.15, 0.2) is 0 Å². The van der Waals surface area contributed by atoms with Crippen molar-refractivity contribution in [3.63, 3.8) is 0 Å². The molecule has 0 bridgehead atoms. The van der Waals surface area contributed by atoms with Crippen LogP contribution in [0.1, 0.15) is 6.92 Å². The number of carboxylic acid groups (broad SMARTS) is 1. The molecule has 0 saturated heterocycles. The summed E-state index contributed by atoms with van der Waals surface area (Å²) >= 11 is 0. The Bertz CT molecular complexity index is 120. The maximum atomic E-state index is 9.47. The van der Waals surface area contributed by atoms with Gasteiger partial charge in [0.05, 0.1) is 0 Å². The van der Waals surface area contributed by atoms with Crippen LogP contribution in [0, 0.1) is 0 Å². The van der Waals surface area contributed by atoms with Gasteiger partial charge in [0.25, 0.3) is 0 Å². The van der Waals surface area contributed by atoms with Gasteiger partial charge in [-0.25, -0.2) is 0 Å². The second-order valence-electron chi connectivity index (χ2n) is 1.10. The first-order valence-electron chi connectivity index (χ1n) is 2.10. The number of amides is 1. The predicted octanol–water partition coefficient (Wildman–Crippen LogP) is -4.58. The third-order valence-electron chi connectivity index (χ3n) is 0.201. The van der Waals surface area contributed by atoms with Gasteiger partial charge in [0.1, 0.15) is 0 Å². The Morgan fingerprint density at radius 3 is 1.70 bits per heavy atom. The van der Waals surface area contributed by atoms with E-state index < -0.39 is 11.9 Å². The molecule has 5 heteroatoms. The van der Waals surface area contributed by atoms with Crippen LogP contribution >= 0.6 is 0 Å². The molecule has 0 aliphatic carbocycles. The second kappa shape index (κ2) is 11.5. The zero-order valence-electron chi connectivity index (χ0n) is 6.09. The molecule has 0 saturated carbocycles. The van der Waals surface area contributed by atoms with Gasteiger partial charge in [-0.1, -0.05) is 6.58 Å². The number of aliphatic carboxylic acids is 1. The van der Waals surface area contributed by atoms with Crippen LogP contribution in [0.4, 0.5) is 0 Å². The van der Waals surface area contributed by atoms with Crippen LogP contribution in [0.25, 0.3) is 0 Å². The number of hydrogen-bond acceptors (Lipinski definition) is 3. The van der Waals surface area contributed by atoms with Crippen molar-refractivity contribution in [1.29, 1.82) is 0 Å². The fourth-order valence-corrected chi connectivity index (χ4v) is 0. The quantitative estimate of drug-likeness (QED) is 0.304. The van der Waals surface area contributed by atoms with E-state index in [0.29, 0.717) is 0 Å². The second-order valence-corrected chi connectivity index (χ2v) is 1.10. The number of hydrogen-bond donors (Lipinski definition) is 1. The molecule has 0 aromatic heterocycles. The van der Waals surface area contributed by atoms with Crippen molar-refractivity contribution in [3.8, 4) is 0 Å². The smallest absolute Gasteiger partial charge is 0.550 e. The van der Waals surface area contributed by atoms with Gasteiger partial charge in [0.2, 0.25) is 5.91 Å². The van der Waals surface area contributed by atoms with Crippen LogP contribution in [0.2, 0.25) is 0 Å². The number of rotatable bonds is 1. The molecule has 0 heterocycles. The maximum absolute atomic E-state index is 9.47. The molecular weight excluding hydrogens is 145 g/mol. The Morgan fingerprint density at radius 1 is 1.60 bits per heavy atom. The van der Waals surface area contributed by atoms with E-state index in [4.69, 9.17) is 9.90 Å². The molecule has 10 heavy (non-hydrogen) atoms. The average Bonchev–Trinajstić information content (AvgIpc) is 1.65. The fraction of sp³-hybridized carbons (Fsp3) is 0.200. The first-order valence-corrected chi connectivity index (χ1v) is 2.10. The molecule has 0 atom stereocenters. The first-order chi connectivity index (χ1) is 4.00. The molecule has 0 radical (unpaired) electrons. The van der Waals surface area contributed by atoms with E-state index in [9.17, 15) is 4.79 Å². The molecule has 0 fully saturated rings. The van der Waals surface area contributed by atoms with E-state index in [0.717, 1.165) is 13.0 Å². The van der Waals surface area contributed by atoms with Crippen LogP contribution in [-0.2, 0) is 9.59 Å². The van der Waals surface area contributed by atoms with Gasteiger partial charge in [-0.05, 0) is 13.0 Å². The van der Waals surface area contributed by atoms with Gasteiger partial charge in [-0.15, -0.1) is 0 Å². The van der Waals surface area contributed by atoms with Crippen LogP contribution in [0.3, 0.4) is 0 Å². The van der Waals surface area contributed by atoms with Crippen LogP contribution < -0.4 is 40.4 Å². The normalized spacial score (nSPS) is 5.70. The van der Waals surface area contributed by atoms with Crippen molar-refractivity contribution in [1.82, 2.24) is 0 Å². The molecule has 0 aromatic rings. The predicted molar refractivity (Wildman–Crippen MR) is 30.1 cm³/mol. The Labute approximate surface area is 81.4 Å². The van der Waals surface area contributed by atoms with Gasteiger partial charge in [0, 0.05) is 5.97 Å². The molecule has 0 aromatic carbocycles. The Morgan fingerprint density at radius 2 is 1.70 bits per heavy atom. The van der Waals surface area contributed by atoms with Crippen LogP contribution in [0.15, 0.2) is 12.7 Å². The molecule has 1 amide bonds. The third kappa shape index (κ3) is 121. The summed E-state index contributed by atoms with van der Waals surface area (Å²) in [6.07, 6.45) is 1.06. The molecule has 4 nitrogen and oxygen atoms in total. The van der Waals surface area contributed by atoms with Gasteiger partial charge in [-0.2, -0.15) is 0 Å². The molecule has 0 rings (SSSR count). The molecule has 0 spiro atoms. The maximum Gasteiger partial charge on any atom is 1.00 e. The van der Waals surface area contributed by atoms with E-state index >= 15 is 0 Å². The summed E-state index contributed by atoms with van der Waals surface area (Å²) < 4.78 is 0. The minimum absolute atomic E-state index is 0. The molecule has 0 aliphatic rings. The largest absolute Gasteiger partial charge is 1.00 e. The van der Waals surface area contributed by atoms with Crippen molar-refractivity contribution in [3.05, 3.63) is 12.7 Å². The Hall–Kier alpha value is -0.320. The summed E-state index contributed by atoms with van der Waals surface area (Å²) in [4.78, 5) is 18.4. The van der Waals surface area contributed by atoms with Crippen LogP contribution in [-0.4, -0.2) is 11.9 Å². The summed E-state index contributed by atoms with van der Waals surface area (Å²) in [5.41, 5.74) is 4.53. The van der Waals surface area contributed by atoms with Gasteiger partial charge in [-0.3, -0.25) is 4.79 Å². The summed E-state index contributed by atoms with van der Waals surface area (Å²) in [7, 11) is 0. The number of primary amides is 1. The minimum Gasteiger partial charge on any atom is -0.550 e. The number of nitrogens with two attached hydrogens (primary N) is 1. The zero-order valence-corrected chi connectivity index (χ0v) is 8.09. The summed E-state index contributed by atoms with van der Waals surface area (Å²) in [6, 6.07) is 0. The van der Waals surface area contributed by atoms with Gasteiger partial charge < -0.3 is 15.6 Å². The number of carbonyl (C=O) groups is 2. The number of carboxylic acids is 1. The zero-order chi connectivity index (χ0) is 7.86. The van der Waals surface area contributed by atoms with Crippen molar-refractivity contribution in [2.75, 3.05) is 0 Å². The van der Waals surface area contributed by atoms with E-state index in [1.165, 1.54) is 0 Å². The Balaban J connectivity index is -0.0000000910. The van der Waals surface area contributed by atoms with Crippen molar-refractivity contribution in [2.45, 2.75) is 6.92 Å². The minimum atomic E-state index is -1.08. The Kier molecular flexibility index (Phi) is 18.8. The van der Waals surface area contributed by atoms with Crippen molar-refractivity contribution in [2.24, 2.45) is 5.73 Å². The SMILES string of the molecule is C=CC(N)=O.CC(=O)[O-].[Na+]. The van der Waals surface area contributed by atoms with Crippen molar-refractivity contribution < 1.29 is 44.3 Å². The molecule has 2 N–H and O–H groups in total. The molecule has 0 aliphatic heterocycles. The van der Waals surface area contributed by atoms with Crippen molar-refractivity contribution >= 4 is 11.9 Å². The third-order valence-corrected chi connectivity index (χ3v) is 0.201. The molecular formula is C5H8NNaO3. The van der Waals surface area contributed by atoms with Crippen LogP contribution in [0.5, 0.6) is 0 Å². The summed E-state index contributed by atoms with van der Waals surface area (Å²) in [6.45, 7) is 4.06. The monoisotopic (exact) mass is 153 g/mol. The van der Waals surface area contributed by atoms with E-state index in [2.05, 4.69) is 12.3 Å². The first kappa shape index (κ1) is 16.3. The summed E-state index contributed by atoms with van der Waals surface area (Å²) in [5, 5.41) is 8.89. The summed E-state index contributed by atoms with van der Waals surface area (Å²) in [5.74, 6) is -1.56. The van der Waals surface area contributed by atoms with E-state index in [1.54, 1.807) is 0 Å². The number of carbonyl (C=O) groups excluding carboxylic acids is 2. The van der Waals surface area contributed by atoms with E-state index in [-0.39, 0.29) is 29.6 Å². The molecule has 0 unspecified atom stereocenters. The van der Waals surface area contributed by atoms with E-state index in [1.807, 2.05) is 0 Å². The topological polar surface area (TPSA) is 83.2 Å².